The molecule has 9 heteroatoms. The molecule has 0 aromatic carbocycles. The lowest BCUT2D eigenvalue weighted by atomic mass is 9.44. The maximum atomic E-state index is 14.1. The van der Waals surface area contributed by atoms with Crippen molar-refractivity contribution in [2.75, 3.05) is 0 Å². The molecule has 36 heavy (non-hydrogen) atoms. The molecule has 10 atom stereocenters. The van der Waals surface area contributed by atoms with Gasteiger partial charge in [0.2, 0.25) is 0 Å². The standard InChI is InChI=1S/C27H39F7O2/c1-15(5-4-10-25(28,26(29,30)31)27(32,33)34)18-6-7-19-17-13-21-24(36-21)14-16(35)8-12-23(24,3)20(17)9-11-22(18,19)2/h15-21,35H,4-14H2,1-3H3. The molecular formula is C27H39F7O2. The molecule has 0 aromatic heterocycles. The summed E-state index contributed by atoms with van der Waals surface area (Å²) in [5, 5.41) is 10.3. The molecule has 0 radical (unpaired) electrons. The lowest BCUT2D eigenvalue weighted by molar-refractivity contribution is -0.343. The summed E-state index contributed by atoms with van der Waals surface area (Å²) >= 11 is 0. The first-order valence-electron chi connectivity index (χ1n) is 13.7. The molecule has 1 aliphatic heterocycles. The Kier molecular flexibility index (Phi) is 6.17. The first-order valence-corrected chi connectivity index (χ1v) is 13.7. The van der Waals surface area contributed by atoms with Gasteiger partial charge in [0.1, 0.15) is 5.60 Å². The van der Waals surface area contributed by atoms with E-state index >= 15 is 0 Å². The molecule has 0 bridgehead atoms. The quantitative estimate of drug-likeness (QED) is 0.292. The normalized spacial score (nSPS) is 47.4. The number of halogens is 7. The molecule has 0 amide bonds. The zero-order chi connectivity index (χ0) is 26.5. The Morgan fingerprint density at radius 2 is 1.58 bits per heavy atom. The lowest BCUT2D eigenvalue weighted by Gasteiger charge is -2.59. The minimum atomic E-state index is -5.97. The van der Waals surface area contributed by atoms with Crippen LogP contribution in [-0.2, 0) is 4.74 Å². The molecule has 208 valence electrons. The van der Waals surface area contributed by atoms with E-state index in [1.165, 1.54) is 0 Å². The van der Waals surface area contributed by atoms with Crippen LogP contribution < -0.4 is 0 Å². The first-order chi connectivity index (χ1) is 16.5. The number of aliphatic hydroxyl groups excluding tert-OH is 1. The van der Waals surface area contributed by atoms with Crippen LogP contribution >= 0.6 is 0 Å². The minimum Gasteiger partial charge on any atom is -0.393 e. The van der Waals surface area contributed by atoms with Gasteiger partial charge in [0.15, 0.2) is 0 Å². The van der Waals surface area contributed by atoms with Crippen molar-refractivity contribution in [1.29, 1.82) is 0 Å². The van der Waals surface area contributed by atoms with Crippen LogP contribution in [-0.4, -0.2) is 40.9 Å². The van der Waals surface area contributed by atoms with E-state index in [9.17, 15) is 35.8 Å². The van der Waals surface area contributed by atoms with Gasteiger partial charge < -0.3 is 9.84 Å². The summed E-state index contributed by atoms with van der Waals surface area (Å²) in [4.78, 5) is 0. The van der Waals surface area contributed by atoms with Crippen LogP contribution in [0.3, 0.4) is 0 Å². The summed E-state index contributed by atoms with van der Waals surface area (Å²) in [7, 11) is 0. The highest BCUT2D eigenvalue weighted by Crippen LogP contribution is 2.74. The van der Waals surface area contributed by atoms with E-state index in [0.29, 0.717) is 24.2 Å². The second kappa shape index (κ2) is 8.22. The Morgan fingerprint density at radius 1 is 0.917 bits per heavy atom. The van der Waals surface area contributed by atoms with Crippen LogP contribution in [0, 0.1) is 40.4 Å². The second-order valence-electron chi connectivity index (χ2n) is 13.3. The van der Waals surface area contributed by atoms with Gasteiger partial charge in [-0.05, 0) is 92.8 Å². The van der Waals surface area contributed by atoms with Crippen LogP contribution in [0.15, 0.2) is 0 Å². The minimum absolute atomic E-state index is 0.0130. The number of epoxide rings is 1. The molecule has 0 aromatic rings. The van der Waals surface area contributed by atoms with Crippen molar-refractivity contribution < 1.29 is 40.6 Å². The lowest BCUT2D eigenvalue weighted by Crippen LogP contribution is -2.58. The fraction of sp³-hybridized carbons (Fsp3) is 1.00. The first kappa shape index (κ1) is 27.0. The third-order valence-electron chi connectivity index (χ3n) is 11.9. The predicted octanol–water partition coefficient (Wildman–Crippen LogP) is 7.78. The highest BCUT2D eigenvalue weighted by atomic mass is 19.4. The molecule has 5 fully saturated rings. The SMILES string of the molecule is CC(CCCC(F)(C(F)(F)F)C(F)(F)F)C1CCC2C3CC4OC45CC(O)CCC5(C)C3CCC12C. The fourth-order valence-corrected chi connectivity index (χ4v) is 9.95. The Morgan fingerprint density at radius 3 is 2.22 bits per heavy atom. The van der Waals surface area contributed by atoms with E-state index in [-0.39, 0.29) is 46.9 Å². The molecule has 2 nitrogen and oxygen atoms in total. The van der Waals surface area contributed by atoms with Gasteiger partial charge in [-0.15, -0.1) is 0 Å². The van der Waals surface area contributed by atoms with Crippen molar-refractivity contribution >= 4 is 0 Å². The molecule has 4 saturated carbocycles. The molecule has 10 unspecified atom stereocenters. The van der Waals surface area contributed by atoms with Crippen molar-refractivity contribution in [3.63, 3.8) is 0 Å². The fourth-order valence-electron chi connectivity index (χ4n) is 9.95. The number of alkyl halides is 7. The van der Waals surface area contributed by atoms with Gasteiger partial charge in [0, 0.05) is 11.8 Å². The van der Waals surface area contributed by atoms with Gasteiger partial charge in [0.05, 0.1) is 12.2 Å². The summed E-state index contributed by atoms with van der Waals surface area (Å²) in [6, 6.07) is 0. The summed E-state index contributed by atoms with van der Waals surface area (Å²) in [5.74, 6) is 1.61. The average Bonchev–Trinajstić information content (AvgIpc) is 3.33. The molecule has 4 aliphatic carbocycles. The van der Waals surface area contributed by atoms with Crippen molar-refractivity contribution in [3.05, 3.63) is 0 Å². The Hall–Kier alpha value is -0.570. The van der Waals surface area contributed by atoms with E-state index < -0.39 is 30.9 Å². The Bertz CT molecular complexity index is 844. The van der Waals surface area contributed by atoms with Gasteiger partial charge >= 0.3 is 12.4 Å². The Balaban J connectivity index is 1.26. The van der Waals surface area contributed by atoms with Crippen molar-refractivity contribution in [1.82, 2.24) is 0 Å². The van der Waals surface area contributed by atoms with Crippen LogP contribution in [0.2, 0.25) is 0 Å². The molecule has 5 rings (SSSR count). The summed E-state index contributed by atoms with van der Waals surface area (Å²) in [6.07, 6.45) is -6.51. The molecule has 5 aliphatic rings. The van der Waals surface area contributed by atoms with Gasteiger partial charge in [-0.25, -0.2) is 4.39 Å². The van der Waals surface area contributed by atoms with Crippen LogP contribution in [0.1, 0.15) is 91.4 Å². The van der Waals surface area contributed by atoms with Gasteiger partial charge in [0.25, 0.3) is 5.67 Å². The monoisotopic (exact) mass is 528 g/mol. The number of fused-ring (bicyclic) bond motifs is 4. The summed E-state index contributed by atoms with van der Waals surface area (Å²) < 4.78 is 98.2. The van der Waals surface area contributed by atoms with Crippen molar-refractivity contribution in [2.45, 2.75) is 127 Å². The number of aliphatic hydroxyl groups is 1. The maximum absolute atomic E-state index is 14.1. The molecule has 1 N–H and O–H groups in total. The number of rotatable bonds is 5. The predicted molar refractivity (Wildman–Crippen MR) is 120 cm³/mol. The average molecular weight is 529 g/mol. The maximum Gasteiger partial charge on any atom is 0.431 e. The molecule has 1 heterocycles. The van der Waals surface area contributed by atoms with E-state index in [1.54, 1.807) is 0 Å². The van der Waals surface area contributed by atoms with Gasteiger partial charge in [-0.1, -0.05) is 27.2 Å². The summed E-state index contributed by atoms with van der Waals surface area (Å²) in [6.45, 7) is 6.54. The topological polar surface area (TPSA) is 32.8 Å². The van der Waals surface area contributed by atoms with E-state index in [4.69, 9.17) is 4.74 Å². The second-order valence-corrected chi connectivity index (χ2v) is 13.3. The zero-order valence-electron chi connectivity index (χ0n) is 21.3. The van der Waals surface area contributed by atoms with E-state index in [0.717, 1.165) is 44.9 Å². The molecule has 1 saturated heterocycles. The van der Waals surface area contributed by atoms with Crippen molar-refractivity contribution in [3.8, 4) is 0 Å². The smallest absolute Gasteiger partial charge is 0.393 e. The third kappa shape index (κ3) is 3.63. The van der Waals surface area contributed by atoms with Crippen LogP contribution in [0.5, 0.6) is 0 Å². The largest absolute Gasteiger partial charge is 0.431 e. The van der Waals surface area contributed by atoms with E-state index in [1.807, 2.05) is 6.92 Å². The van der Waals surface area contributed by atoms with Gasteiger partial charge in [-0.2, -0.15) is 26.3 Å². The number of hydrogen-bond donors (Lipinski definition) is 1. The van der Waals surface area contributed by atoms with E-state index in [2.05, 4.69) is 13.8 Å². The zero-order valence-corrected chi connectivity index (χ0v) is 21.3. The third-order valence-corrected chi connectivity index (χ3v) is 11.9. The number of ether oxygens (including phenoxy) is 1. The highest BCUT2D eigenvalue weighted by Gasteiger charge is 2.76. The Labute approximate surface area is 208 Å². The van der Waals surface area contributed by atoms with Crippen LogP contribution in [0.25, 0.3) is 0 Å². The molecular weight excluding hydrogens is 489 g/mol. The highest BCUT2D eigenvalue weighted by molar-refractivity contribution is 5.24. The van der Waals surface area contributed by atoms with Crippen molar-refractivity contribution in [2.24, 2.45) is 40.4 Å². The number of hydrogen-bond acceptors (Lipinski definition) is 2. The van der Waals surface area contributed by atoms with Crippen LogP contribution in [0.4, 0.5) is 30.7 Å². The van der Waals surface area contributed by atoms with Gasteiger partial charge in [-0.3, -0.25) is 0 Å². The molecule has 1 spiro atoms. The summed E-state index contributed by atoms with van der Waals surface area (Å²) in [5.41, 5.74) is -5.31.